The molecule has 1 heterocycles. The molecule has 3 aromatic rings. The highest BCUT2D eigenvalue weighted by Crippen LogP contribution is 2.30. The number of carbonyl (C=O) groups excluding carboxylic acids is 2. The fourth-order valence-electron chi connectivity index (χ4n) is 2.82. The first-order valence-electron chi connectivity index (χ1n) is 8.97. The van der Waals surface area contributed by atoms with Crippen LogP contribution in [-0.4, -0.2) is 18.0 Å². The minimum absolute atomic E-state index is 0.0612. The van der Waals surface area contributed by atoms with Crippen LogP contribution >= 0.6 is 11.6 Å². The Balaban J connectivity index is 1.63. The van der Waals surface area contributed by atoms with Gasteiger partial charge >= 0.3 is 6.03 Å². The van der Waals surface area contributed by atoms with Crippen molar-refractivity contribution in [1.82, 2.24) is 10.6 Å². The van der Waals surface area contributed by atoms with Crippen LogP contribution in [0.4, 0.5) is 10.5 Å². The standard InChI is InChI=1S/C21H22ClN3O3/c1-12(2)24-21(27)25-15-9-7-14(8-10-15)11-23-20(26)18-13(3)16-5-4-6-17(22)19(16)28-18/h4-10,12H,11H2,1-3H3,(H,23,26)(H2,24,25,27). The van der Waals surface area contributed by atoms with E-state index in [1.807, 2.05) is 45.0 Å². The lowest BCUT2D eigenvalue weighted by atomic mass is 10.1. The molecule has 1 aromatic heterocycles. The molecular formula is C21H22ClN3O3. The van der Waals surface area contributed by atoms with E-state index >= 15 is 0 Å². The Labute approximate surface area is 168 Å². The predicted octanol–water partition coefficient (Wildman–Crippen LogP) is 4.85. The molecule has 146 valence electrons. The van der Waals surface area contributed by atoms with Crippen LogP contribution in [0.2, 0.25) is 5.02 Å². The summed E-state index contributed by atoms with van der Waals surface area (Å²) in [5, 5.41) is 9.66. The molecule has 3 rings (SSSR count). The van der Waals surface area contributed by atoms with Gasteiger partial charge in [-0.25, -0.2) is 4.79 Å². The van der Waals surface area contributed by atoms with Crippen LogP contribution in [0.15, 0.2) is 46.9 Å². The average Bonchev–Trinajstić information content (AvgIpc) is 2.98. The van der Waals surface area contributed by atoms with Gasteiger partial charge < -0.3 is 20.4 Å². The monoisotopic (exact) mass is 399 g/mol. The zero-order chi connectivity index (χ0) is 20.3. The second-order valence-corrected chi connectivity index (χ2v) is 7.21. The molecule has 0 spiro atoms. The number of hydrogen-bond acceptors (Lipinski definition) is 3. The normalized spacial score (nSPS) is 10.9. The summed E-state index contributed by atoms with van der Waals surface area (Å²) in [6, 6.07) is 12.5. The maximum Gasteiger partial charge on any atom is 0.319 e. The number of nitrogens with one attached hydrogen (secondary N) is 3. The smallest absolute Gasteiger partial charge is 0.319 e. The van der Waals surface area contributed by atoms with Gasteiger partial charge in [-0.2, -0.15) is 0 Å². The number of anilines is 1. The topological polar surface area (TPSA) is 83.4 Å². The Morgan fingerprint density at radius 3 is 2.46 bits per heavy atom. The van der Waals surface area contributed by atoms with E-state index in [9.17, 15) is 9.59 Å². The molecule has 0 unspecified atom stereocenters. The van der Waals surface area contributed by atoms with Crippen molar-refractivity contribution in [3.05, 3.63) is 64.4 Å². The highest BCUT2D eigenvalue weighted by atomic mass is 35.5. The summed E-state index contributed by atoms with van der Waals surface area (Å²) >= 11 is 6.14. The first-order chi connectivity index (χ1) is 13.3. The number of aryl methyl sites for hydroxylation is 1. The summed E-state index contributed by atoms with van der Waals surface area (Å²) in [7, 11) is 0. The van der Waals surface area contributed by atoms with Crippen molar-refractivity contribution in [1.29, 1.82) is 0 Å². The third-order valence-corrected chi connectivity index (χ3v) is 4.50. The van der Waals surface area contributed by atoms with Gasteiger partial charge in [-0.15, -0.1) is 0 Å². The largest absolute Gasteiger partial charge is 0.449 e. The Bertz CT molecular complexity index is 1010. The fraction of sp³-hybridized carbons (Fsp3) is 0.238. The summed E-state index contributed by atoms with van der Waals surface area (Å²) in [5.74, 6) is -0.0463. The van der Waals surface area contributed by atoms with Gasteiger partial charge in [-0.1, -0.05) is 35.9 Å². The highest BCUT2D eigenvalue weighted by molar-refractivity contribution is 6.35. The molecule has 7 heteroatoms. The minimum Gasteiger partial charge on any atom is -0.449 e. The van der Waals surface area contributed by atoms with Gasteiger partial charge in [0.25, 0.3) is 5.91 Å². The molecule has 0 bridgehead atoms. The summed E-state index contributed by atoms with van der Waals surface area (Å²) in [5.41, 5.74) is 2.85. The number of fused-ring (bicyclic) bond motifs is 1. The van der Waals surface area contributed by atoms with Gasteiger partial charge in [-0.05, 0) is 44.5 Å². The first-order valence-corrected chi connectivity index (χ1v) is 9.35. The Morgan fingerprint density at radius 2 is 1.82 bits per heavy atom. The lowest BCUT2D eigenvalue weighted by molar-refractivity contribution is 0.0924. The SMILES string of the molecule is Cc1c(C(=O)NCc2ccc(NC(=O)NC(C)C)cc2)oc2c(Cl)cccc12. The molecule has 28 heavy (non-hydrogen) atoms. The number of para-hydroxylation sites is 1. The Hall–Kier alpha value is -2.99. The minimum atomic E-state index is -0.303. The molecule has 2 aromatic carbocycles. The summed E-state index contributed by atoms with van der Waals surface area (Å²) < 4.78 is 5.68. The Morgan fingerprint density at radius 1 is 1.11 bits per heavy atom. The molecule has 3 N–H and O–H groups in total. The van der Waals surface area contributed by atoms with Crippen molar-refractivity contribution >= 4 is 40.2 Å². The number of furan rings is 1. The van der Waals surface area contributed by atoms with E-state index in [4.69, 9.17) is 16.0 Å². The number of carbonyl (C=O) groups is 2. The van der Waals surface area contributed by atoms with Crippen molar-refractivity contribution in [2.24, 2.45) is 0 Å². The molecule has 3 amide bonds. The van der Waals surface area contributed by atoms with Gasteiger partial charge in [-0.3, -0.25) is 4.79 Å². The molecule has 0 atom stereocenters. The van der Waals surface area contributed by atoms with Gasteiger partial charge in [0.15, 0.2) is 11.3 Å². The molecule has 0 fully saturated rings. The third kappa shape index (κ3) is 4.46. The van der Waals surface area contributed by atoms with Crippen LogP contribution in [0.5, 0.6) is 0 Å². The van der Waals surface area contributed by atoms with Gasteiger partial charge in [0, 0.05) is 29.2 Å². The zero-order valence-corrected chi connectivity index (χ0v) is 16.7. The molecule has 0 radical (unpaired) electrons. The average molecular weight is 400 g/mol. The number of urea groups is 1. The lowest BCUT2D eigenvalue weighted by Crippen LogP contribution is -2.34. The van der Waals surface area contributed by atoms with Crippen LogP contribution in [0.3, 0.4) is 0 Å². The second-order valence-electron chi connectivity index (χ2n) is 6.81. The van der Waals surface area contributed by atoms with E-state index < -0.39 is 0 Å². The molecule has 0 saturated carbocycles. The number of amides is 3. The van der Waals surface area contributed by atoms with Crippen LogP contribution < -0.4 is 16.0 Å². The Kier molecular flexibility index (Phi) is 5.90. The second kappa shape index (κ2) is 8.35. The van der Waals surface area contributed by atoms with Crippen molar-refractivity contribution in [3.8, 4) is 0 Å². The van der Waals surface area contributed by atoms with Crippen LogP contribution in [0, 0.1) is 6.92 Å². The van der Waals surface area contributed by atoms with Crippen LogP contribution in [0.25, 0.3) is 11.0 Å². The third-order valence-electron chi connectivity index (χ3n) is 4.21. The van der Waals surface area contributed by atoms with Crippen molar-refractivity contribution in [2.45, 2.75) is 33.4 Å². The maximum atomic E-state index is 12.5. The van der Waals surface area contributed by atoms with Gasteiger partial charge in [0.1, 0.15) is 0 Å². The van der Waals surface area contributed by atoms with Gasteiger partial charge in [0.05, 0.1) is 5.02 Å². The van der Waals surface area contributed by atoms with Crippen molar-refractivity contribution in [2.75, 3.05) is 5.32 Å². The molecule has 0 aliphatic carbocycles. The lowest BCUT2D eigenvalue weighted by Gasteiger charge is -2.10. The number of hydrogen-bond donors (Lipinski definition) is 3. The van der Waals surface area contributed by atoms with E-state index in [0.29, 0.717) is 22.8 Å². The number of benzene rings is 2. The molecule has 0 aliphatic rings. The van der Waals surface area contributed by atoms with Crippen molar-refractivity contribution < 1.29 is 14.0 Å². The van der Waals surface area contributed by atoms with Crippen LogP contribution in [0.1, 0.15) is 35.5 Å². The van der Waals surface area contributed by atoms with Crippen molar-refractivity contribution in [3.63, 3.8) is 0 Å². The van der Waals surface area contributed by atoms with E-state index in [1.54, 1.807) is 18.2 Å². The van der Waals surface area contributed by atoms with E-state index in [0.717, 1.165) is 16.5 Å². The number of halogens is 1. The van der Waals surface area contributed by atoms with Crippen LogP contribution in [-0.2, 0) is 6.54 Å². The van der Waals surface area contributed by atoms with Gasteiger partial charge in [0.2, 0.25) is 0 Å². The molecule has 0 aliphatic heterocycles. The predicted molar refractivity (Wildman–Crippen MR) is 111 cm³/mol. The fourth-order valence-corrected chi connectivity index (χ4v) is 3.04. The summed E-state index contributed by atoms with van der Waals surface area (Å²) in [6.07, 6.45) is 0. The molecule has 0 saturated heterocycles. The highest BCUT2D eigenvalue weighted by Gasteiger charge is 2.18. The number of rotatable bonds is 5. The quantitative estimate of drug-likeness (QED) is 0.573. The molecule has 6 nitrogen and oxygen atoms in total. The van der Waals surface area contributed by atoms with E-state index in [-0.39, 0.29) is 23.7 Å². The van der Waals surface area contributed by atoms with E-state index in [2.05, 4.69) is 16.0 Å². The van der Waals surface area contributed by atoms with E-state index in [1.165, 1.54) is 0 Å². The first kappa shape index (κ1) is 19.8. The summed E-state index contributed by atoms with van der Waals surface area (Å²) in [4.78, 5) is 24.2. The zero-order valence-electron chi connectivity index (χ0n) is 15.9. The maximum absolute atomic E-state index is 12.5. The summed E-state index contributed by atoms with van der Waals surface area (Å²) in [6.45, 7) is 5.95. The molecular weight excluding hydrogens is 378 g/mol.